The van der Waals surface area contributed by atoms with Gasteiger partial charge in [0.1, 0.15) is 5.75 Å². The predicted octanol–water partition coefficient (Wildman–Crippen LogP) is 3.97. The topological polar surface area (TPSA) is 18.5 Å². The van der Waals surface area contributed by atoms with Gasteiger partial charge in [-0.3, -0.25) is 0 Å². The molecule has 1 aromatic rings. The van der Waals surface area contributed by atoms with Crippen molar-refractivity contribution in [2.75, 3.05) is 6.61 Å². The lowest BCUT2D eigenvalue weighted by atomic mass is 10.1. The minimum Gasteiger partial charge on any atom is -0.464 e. The number of rotatable bonds is 2. The first kappa shape index (κ1) is 11.9. The predicted molar refractivity (Wildman–Crippen MR) is 67.8 cm³/mol. The van der Waals surface area contributed by atoms with Crippen LogP contribution in [-0.2, 0) is 4.74 Å². The first-order valence-electron chi connectivity index (χ1n) is 5.72. The zero-order chi connectivity index (χ0) is 11.5. The van der Waals surface area contributed by atoms with Gasteiger partial charge in [-0.15, -0.1) is 0 Å². The highest BCUT2D eigenvalue weighted by Gasteiger charge is 2.17. The molecule has 1 unspecified atom stereocenters. The minimum absolute atomic E-state index is 0.0690. The van der Waals surface area contributed by atoms with Gasteiger partial charge in [0.2, 0.25) is 0 Å². The Morgan fingerprint density at radius 2 is 2.12 bits per heavy atom. The second-order valence-corrected chi connectivity index (χ2v) is 5.09. The molecule has 2 rings (SSSR count). The summed E-state index contributed by atoms with van der Waals surface area (Å²) < 4.78 is 12.6. The van der Waals surface area contributed by atoms with Crippen molar-refractivity contribution in [3.63, 3.8) is 0 Å². The van der Waals surface area contributed by atoms with Gasteiger partial charge in [-0.2, -0.15) is 0 Å². The van der Waals surface area contributed by atoms with Crippen molar-refractivity contribution in [2.24, 2.45) is 0 Å². The average Bonchev–Trinajstić information content (AvgIpc) is 2.31. The fourth-order valence-electron chi connectivity index (χ4n) is 1.92. The van der Waals surface area contributed by atoms with Crippen LogP contribution in [0.1, 0.15) is 30.4 Å². The Balaban J connectivity index is 2.16. The first-order chi connectivity index (χ1) is 7.68. The zero-order valence-electron chi connectivity index (χ0n) is 9.75. The number of halogens is 1. The highest BCUT2D eigenvalue weighted by Crippen LogP contribution is 2.31. The van der Waals surface area contributed by atoms with Crippen molar-refractivity contribution in [1.29, 1.82) is 0 Å². The summed E-state index contributed by atoms with van der Waals surface area (Å²) >= 11 is 3.52. The van der Waals surface area contributed by atoms with Crippen LogP contribution < -0.4 is 4.74 Å². The number of aryl methyl sites for hydroxylation is 1. The average molecular weight is 285 g/mol. The summed E-state index contributed by atoms with van der Waals surface area (Å²) in [5, 5.41) is 0. The Labute approximate surface area is 105 Å². The van der Waals surface area contributed by atoms with Gasteiger partial charge in [0.25, 0.3) is 0 Å². The maximum Gasteiger partial charge on any atom is 0.199 e. The molecule has 0 saturated carbocycles. The van der Waals surface area contributed by atoms with Crippen LogP contribution in [0, 0.1) is 13.8 Å². The van der Waals surface area contributed by atoms with Gasteiger partial charge < -0.3 is 9.47 Å². The summed E-state index contributed by atoms with van der Waals surface area (Å²) in [5.74, 6) is 0.960. The molecule has 1 saturated heterocycles. The molecule has 0 radical (unpaired) electrons. The summed E-state index contributed by atoms with van der Waals surface area (Å²) in [6.45, 7) is 4.95. The number of ether oxygens (including phenoxy) is 2. The third-order valence-electron chi connectivity index (χ3n) is 2.92. The third-order valence-corrected chi connectivity index (χ3v) is 3.78. The third kappa shape index (κ3) is 2.58. The number of benzene rings is 1. The van der Waals surface area contributed by atoms with Gasteiger partial charge in [-0.1, -0.05) is 22.0 Å². The van der Waals surface area contributed by atoms with Crippen LogP contribution in [0.2, 0.25) is 0 Å². The van der Waals surface area contributed by atoms with Gasteiger partial charge in [0.05, 0.1) is 6.61 Å². The molecular weight excluding hydrogens is 268 g/mol. The molecule has 0 aliphatic carbocycles. The van der Waals surface area contributed by atoms with E-state index in [-0.39, 0.29) is 6.29 Å². The Hall–Kier alpha value is -0.540. The maximum absolute atomic E-state index is 5.95. The minimum atomic E-state index is -0.0690. The highest BCUT2D eigenvalue weighted by molar-refractivity contribution is 9.10. The van der Waals surface area contributed by atoms with Crippen molar-refractivity contribution in [3.8, 4) is 5.75 Å². The number of hydrogen-bond donors (Lipinski definition) is 0. The van der Waals surface area contributed by atoms with Gasteiger partial charge in [-0.05, 0) is 38.3 Å². The van der Waals surface area contributed by atoms with E-state index in [0.717, 1.165) is 40.8 Å². The molecule has 16 heavy (non-hydrogen) atoms. The van der Waals surface area contributed by atoms with Crippen molar-refractivity contribution in [1.82, 2.24) is 0 Å². The van der Waals surface area contributed by atoms with Crippen LogP contribution in [-0.4, -0.2) is 12.9 Å². The van der Waals surface area contributed by atoms with Crippen molar-refractivity contribution in [3.05, 3.63) is 27.7 Å². The molecule has 1 aromatic carbocycles. The van der Waals surface area contributed by atoms with Crippen LogP contribution in [0.15, 0.2) is 16.6 Å². The molecule has 1 aliphatic rings. The van der Waals surface area contributed by atoms with E-state index in [1.54, 1.807) is 0 Å². The van der Waals surface area contributed by atoms with Crippen molar-refractivity contribution in [2.45, 2.75) is 39.4 Å². The molecule has 1 atom stereocenters. The molecule has 0 bridgehead atoms. The molecule has 3 heteroatoms. The van der Waals surface area contributed by atoms with E-state index in [1.165, 1.54) is 6.42 Å². The van der Waals surface area contributed by atoms with E-state index in [0.29, 0.717) is 0 Å². The second kappa shape index (κ2) is 5.19. The zero-order valence-corrected chi connectivity index (χ0v) is 11.3. The lowest BCUT2D eigenvalue weighted by Crippen LogP contribution is -2.25. The Morgan fingerprint density at radius 1 is 1.31 bits per heavy atom. The molecule has 2 nitrogen and oxygen atoms in total. The Bertz CT molecular complexity index is 370. The molecule has 0 aromatic heterocycles. The van der Waals surface area contributed by atoms with Crippen LogP contribution in [0.3, 0.4) is 0 Å². The van der Waals surface area contributed by atoms with Crippen LogP contribution in [0.4, 0.5) is 0 Å². The summed E-state index contributed by atoms with van der Waals surface area (Å²) in [4.78, 5) is 0. The maximum atomic E-state index is 5.95. The monoisotopic (exact) mass is 284 g/mol. The van der Waals surface area contributed by atoms with Crippen molar-refractivity contribution < 1.29 is 9.47 Å². The molecule has 0 N–H and O–H groups in total. The van der Waals surface area contributed by atoms with E-state index < -0.39 is 0 Å². The second-order valence-electron chi connectivity index (χ2n) is 4.23. The Morgan fingerprint density at radius 3 is 2.81 bits per heavy atom. The lowest BCUT2D eigenvalue weighted by Gasteiger charge is -2.25. The van der Waals surface area contributed by atoms with Crippen LogP contribution in [0.25, 0.3) is 0 Å². The summed E-state index contributed by atoms with van der Waals surface area (Å²) in [6, 6.07) is 4.12. The molecule has 0 amide bonds. The van der Waals surface area contributed by atoms with Crippen LogP contribution in [0.5, 0.6) is 5.75 Å². The SMILES string of the molecule is Cc1ccc(Br)c(C)c1OC1CCCCO1. The van der Waals surface area contributed by atoms with E-state index in [2.05, 4.69) is 41.9 Å². The van der Waals surface area contributed by atoms with Crippen molar-refractivity contribution >= 4 is 15.9 Å². The number of hydrogen-bond acceptors (Lipinski definition) is 2. The fraction of sp³-hybridized carbons (Fsp3) is 0.538. The highest BCUT2D eigenvalue weighted by atomic mass is 79.9. The summed E-state index contributed by atoms with van der Waals surface area (Å²) in [5.41, 5.74) is 2.31. The summed E-state index contributed by atoms with van der Waals surface area (Å²) in [7, 11) is 0. The smallest absolute Gasteiger partial charge is 0.199 e. The van der Waals surface area contributed by atoms with Gasteiger partial charge >= 0.3 is 0 Å². The molecule has 1 aliphatic heterocycles. The van der Waals surface area contributed by atoms with Gasteiger partial charge in [0, 0.05) is 16.5 Å². The normalized spacial score (nSPS) is 20.8. The molecule has 88 valence electrons. The first-order valence-corrected chi connectivity index (χ1v) is 6.52. The van der Waals surface area contributed by atoms with E-state index in [4.69, 9.17) is 9.47 Å². The Kier molecular flexibility index (Phi) is 3.87. The molecule has 0 spiro atoms. The quantitative estimate of drug-likeness (QED) is 0.818. The van der Waals surface area contributed by atoms with Gasteiger partial charge in [0.15, 0.2) is 6.29 Å². The molecule has 1 fully saturated rings. The fourth-order valence-corrected chi connectivity index (χ4v) is 2.23. The molecular formula is C13H17BrO2. The van der Waals surface area contributed by atoms with Crippen LogP contribution >= 0.6 is 15.9 Å². The standard InChI is InChI=1S/C13H17BrO2/c1-9-6-7-11(14)10(2)13(9)16-12-5-3-4-8-15-12/h6-7,12H,3-5,8H2,1-2H3. The molecule has 1 heterocycles. The van der Waals surface area contributed by atoms with E-state index in [1.807, 2.05) is 0 Å². The van der Waals surface area contributed by atoms with E-state index in [9.17, 15) is 0 Å². The largest absolute Gasteiger partial charge is 0.464 e. The van der Waals surface area contributed by atoms with E-state index >= 15 is 0 Å². The summed E-state index contributed by atoms with van der Waals surface area (Å²) in [6.07, 6.45) is 3.26. The lowest BCUT2D eigenvalue weighted by molar-refractivity contribution is -0.106. The van der Waals surface area contributed by atoms with Gasteiger partial charge in [-0.25, -0.2) is 0 Å².